The minimum absolute atomic E-state index is 0.742. The Balaban J connectivity index is 1.94. The van der Waals surface area contributed by atoms with E-state index in [-0.39, 0.29) is 0 Å². The number of benzene rings is 1. The third kappa shape index (κ3) is 4.36. The zero-order valence-electron chi connectivity index (χ0n) is 12.3. The molecule has 1 heterocycles. The molecule has 1 aromatic heterocycles. The molecule has 0 saturated carbocycles. The Morgan fingerprint density at radius 1 is 1.20 bits per heavy atom. The van der Waals surface area contributed by atoms with Gasteiger partial charge in [0.25, 0.3) is 0 Å². The summed E-state index contributed by atoms with van der Waals surface area (Å²) in [5.41, 5.74) is 2.47. The highest BCUT2D eigenvalue weighted by Crippen LogP contribution is 2.24. The van der Waals surface area contributed by atoms with Gasteiger partial charge in [0.2, 0.25) is 0 Å². The molecule has 0 radical (unpaired) electrons. The normalized spacial score (nSPS) is 10.7. The molecule has 0 aliphatic heterocycles. The highest BCUT2D eigenvalue weighted by atomic mass is 32.1. The lowest BCUT2D eigenvalue weighted by molar-refractivity contribution is 0.316. The minimum atomic E-state index is 0.742. The van der Waals surface area contributed by atoms with E-state index in [4.69, 9.17) is 4.74 Å². The summed E-state index contributed by atoms with van der Waals surface area (Å²) in [5, 5.41) is 5.56. The number of hydrogen-bond donors (Lipinski definition) is 1. The summed E-state index contributed by atoms with van der Waals surface area (Å²) in [6.45, 7) is 6.96. The van der Waals surface area contributed by atoms with Crippen molar-refractivity contribution in [1.29, 1.82) is 0 Å². The predicted octanol–water partition coefficient (Wildman–Crippen LogP) is 4.18. The average molecular weight is 289 g/mol. The highest BCUT2D eigenvalue weighted by Gasteiger charge is 2.07. The molecule has 0 spiro atoms. The summed E-state index contributed by atoms with van der Waals surface area (Å²) < 4.78 is 6.04. The summed E-state index contributed by atoms with van der Waals surface area (Å²) in [5.74, 6) is 1.05. The topological polar surface area (TPSA) is 21.3 Å². The van der Waals surface area contributed by atoms with Gasteiger partial charge < -0.3 is 10.1 Å². The van der Waals surface area contributed by atoms with E-state index in [9.17, 15) is 0 Å². The number of rotatable bonds is 8. The van der Waals surface area contributed by atoms with Crippen LogP contribution < -0.4 is 10.1 Å². The summed E-state index contributed by atoms with van der Waals surface area (Å²) in [6.07, 6.45) is 2.13. The number of nitrogens with one attached hydrogen (secondary N) is 1. The number of hydrogen-bond acceptors (Lipinski definition) is 3. The fourth-order valence-electron chi connectivity index (χ4n) is 2.17. The van der Waals surface area contributed by atoms with E-state index in [1.165, 1.54) is 16.0 Å². The molecule has 0 amide bonds. The Kier molecular flexibility index (Phi) is 6.09. The molecule has 0 aliphatic carbocycles. The van der Waals surface area contributed by atoms with Gasteiger partial charge in [-0.05, 0) is 36.9 Å². The van der Waals surface area contributed by atoms with Crippen molar-refractivity contribution in [2.24, 2.45) is 0 Å². The standard InChI is InChI=1S/C17H23NOS/c1-3-10-18-13-15-7-4-6-14(2)17(15)19-11-9-16-8-5-12-20-16/h4-8,12,18H,3,9-11,13H2,1-2H3. The number of para-hydroxylation sites is 1. The molecular weight excluding hydrogens is 266 g/mol. The van der Waals surface area contributed by atoms with Gasteiger partial charge in [-0.25, -0.2) is 0 Å². The van der Waals surface area contributed by atoms with Crippen LogP contribution in [0.1, 0.15) is 29.3 Å². The van der Waals surface area contributed by atoms with Crippen LogP contribution in [0.5, 0.6) is 5.75 Å². The predicted molar refractivity (Wildman–Crippen MR) is 86.7 cm³/mol. The fourth-order valence-corrected chi connectivity index (χ4v) is 2.86. The van der Waals surface area contributed by atoms with Gasteiger partial charge in [-0.2, -0.15) is 0 Å². The van der Waals surface area contributed by atoms with E-state index in [0.29, 0.717) is 0 Å². The van der Waals surface area contributed by atoms with Gasteiger partial charge in [0.05, 0.1) is 6.61 Å². The van der Waals surface area contributed by atoms with Crippen molar-refractivity contribution >= 4 is 11.3 Å². The van der Waals surface area contributed by atoms with Crippen LogP contribution in [0.15, 0.2) is 35.7 Å². The average Bonchev–Trinajstić information content (AvgIpc) is 2.95. The van der Waals surface area contributed by atoms with E-state index in [1.807, 2.05) is 0 Å². The second-order valence-corrected chi connectivity index (χ2v) is 5.95. The first kappa shape index (κ1) is 15.1. The van der Waals surface area contributed by atoms with Crippen molar-refractivity contribution in [3.63, 3.8) is 0 Å². The molecular formula is C17H23NOS. The van der Waals surface area contributed by atoms with E-state index < -0.39 is 0 Å². The molecule has 0 saturated heterocycles. The lowest BCUT2D eigenvalue weighted by atomic mass is 10.1. The Bertz CT molecular complexity index is 508. The summed E-state index contributed by atoms with van der Waals surface area (Å²) >= 11 is 1.79. The monoisotopic (exact) mass is 289 g/mol. The van der Waals surface area contributed by atoms with Crippen LogP contribution in [0.3, 0.4) is 0 Å². The highest BCUT2D eigenvalue weighted by molar-refractivity contribution is 7.09. The lowest BCUT2D eigenvalue weighted by Crippen LogP contribution is -2.15. The number of ether oxygens (including phenoxy) is 1. The lowest BCUT2D eigenvalue weighted by Gasteiger charge is -2.14. The van der Waals surface area contributed by atoms with Crippen LogP contribution in [-0.4, -0.2) is 13.2 Å². The maximum absolute atomic E-state index is 6.04. The first-order valence-corrected chi connectivity index (χ1v) is 8.13. The van der Waals surface area contributed by atoms with Crippen molar-refractivity contribution in [2.75, 3.05) is 13.2 Å². The molecule has 0 bridgehead atoms. The van der Waals surface area contributed by atoms with Crippen molar-refractivity contribution in [3.8, 4) is 5.75 Å². The third-order valence-electron chi connectivity index (χ3n) is 3.21. The van der Waals surface area contributed by atoms with Crippen LogP contribution in [0.25, 0.3) is 0 Å². The molecule has 0 aliphatic rings. The SMILES string of the molecule is CCCNCc1cccc(C)c1OCCc1cccs1. The summed E-state index contributed by atoms with van der Waals surface area (Å²) in [6, 6.07) is 10.6. The van der Waals surface area contributed by atoms with Gasteiger partial charge >= 0.3 is 0 Å². The quantitative estimate of drug-likeness (QED) is 0.736. The van der Waals surface area contributed by atoms with Crippen LogP contribution in [0, 0.1) is 6.92 Å². The number of thiophene rings is 1. The van der Waals surface area contributed by atoms with Crippen molar-refractivity contribution in [2.45, 2.75) is 33.2 Å². The molecule has 2 rings (SSSR count). The minimum Gasteiger partial charge on any atom is -0.493 e. The summed E-state index contributed by atoms with van der Waals surface area (Å²) in [4.78, 5) is 1.38. The molecule has 0 atom stereocenters. The van der Waals surface area contributed by atoms with Gasteiger partial charge in [-0.3, -0.25) is 0 Å². The van der Waals surface area contributed by atoms with Gasteiger partial charge in [0.15, 0.2) is 0 Å². The van der Waals surface area contributed by atoms with Gasteiger partial charge in [-0.15, -0.1) is 11.3 Å². The second-order valence-electron chi connectivity index (χ2n) is 4.92. The van der Waals surface area contributed by atoms with E-state index >= 15 is 0 Å². The Hall–Kier alpha value is -1.32. The van der Waals surface area contributed by atoms with E-state index in [0.717, 1.165) is 38.3 Å². The molecule has 0 unspecified atom stereocenters. The zero-order chi connectivity index (χ0) is 14.2. The third-order valence-corrected chi connectivity index (χ3v) is 4.15. The Labute approximate surface area is 125 Å². The van der Waals surface area contributed by atoms with Crippen LogP contribution in [0.2, 0.25) is 0 Å². The summed E-state index contributed by atoms with van der Waals surface area (Å²) in [7, 11) is 0. The van der Waals surface area contributed by atoms with Crippen LogP contribution in [-0.2, 0) is 13.0 Å². The largest absolute Gasteiger partial charge is 0.493 e. The molecule has 1 aromatic carbocycles. The molecule has 3 heteroatoms. The first-order chi connectivity index (χ1) is 9.81. The first-order valence-electron chi connectivity index (χ1n) is 7.25. The van der Waals surface area contributed by atoms with Crippen molar-refractivity contribution < 1.29 is 4.74 Å². The van der Waals surface area contributed by atoms with Gasteiger partial charge in [0, 0.05) is 23.4 Å². The molecule has 1 N–H and O–H groups in total. The zero-order valence-corrected chi connectivity index (χ0v) is 13.1. The molecule has 108 valence electrons. The number of aryl methyl sites for hydroxylation is 1. The van der Waals surface area contributed by atoms with Gasteiger partial charge in [0.1, 0.15) is 5.75 Å². The van der Waals surface area contributed by atoms with Crippen molar-refractivity contribution in [3.05, 3.63) is 51.7 Å². The van der Waals surface area contributed by atoms with E-state index in [2.05, 4.69) is 54.9 Å². The Morgan fingerprint density at radius 3 is 2.85 bits per heavy atom. The van der Waals surface area contributed by atoms with Crippen LogP contribution >= 0.6 is 11.3 Å². The molecule has 0 fully saturated rings. The fraction of sp³-hybridized carbons (Fsp3) is 0.412. The van der Waals surface area contributed by atoms with Gasteiger partial charge in [-0.1, -0.05) is 31.2 Å². The second kappa shape index (κ2) is 8.08. The molecule has 2 aromatic rings. The van der Waals surface area contributed by atoms with Crippen LogP contribution in [0.4, 0.5) is 0 Å². The Morgan fingerprint density at radius 2 is 2.10 bits per heavy atom. The molecule has 2 nitrogen and oxygen atoms in total. The smallest absolute Gasteiger partial charge is 0.126 e. The maximum Gasteiger partial charge on any atom is 0.126 e. The van der Waals surface area contributed by atoms with E-state index in [1.54, 1.807) is 11.3 Å². The molecule has 20 heavy (non-hydrogen) atoms. The maximum atomic E-state index is 6.04. The van der Waals surface area contributed by atoms with Crippen molar-refractivity contribution in [1.82, 2.24) is 5.32 Å².